The van der Waals surface area contributed by atoms with Crippen molar-refractivity contribution in [2.24, 2.45) is 11.3 Å². The maximum Gasteiger partial charge on any atom is 0.311 e. The second-order valence-corrected chi connectivity index (χ2v) is 8.06. The van der Waals surface area contributed by atoms with Crippen LogP contribution in [-0.2, 0) is 9.59 Å². The topological polar surface area (TPSA) is 78.9 Å². The minimum absolute atomic E-state index is 0. The van der Waals surface area contributed by atoms with Gasteiger partial charge < -0.3 is 15.2 Å². The van der Waals surface area contributed by atoms with E-state index < -0.39 is 17.4 Å². The summed E-state index contributed by atoms with van der Waals surface area (Å²) >= 11 is 0. The Labute approximate surface area is 182 Å². The number of anilines is 1. The van der Waals surface area contributed by atoms with E-state index in [1.54, 1.807) is 6.07 Å². The van der Waals surface area contributed by atoms with E-state index in [1.807, 2.05) is 60.4 Å². The molecule has 30 heavy (non-hydrogen) atoms. The van der Waals surface area contributed by atoms with Gasteiger partial charge in [-0.1, -0.05) is 36.8 Å². The van der Waals surface area contributed by atoms with Crippen LogP contribution in [0.25, 0.3) is 0 Å². The van der Waals surface area contributed by atoms with Crippen molar-refractivity contribution in [3.63, 3.8) is 0 Å². The van der Waals surface area contributed by atoms with Gasteiger partial charge in [-0.05, 0) is 49.9 Å². The molecule has 0 radical (unpaired) electrons. The minimum atomic E-state index is -0.725. The average Bonchev–Trinajstić information content (AvgIpc) is 3.28. The first-order chi connectivity index (χ1) is 14.0. The van der Waals surface area contributed by atoms with E-state index in [1.165, 1.54) is 0 Å². The van der Waals surface area contributed by atoms with Gasteiger partial charge in [-0.25, -0.2) is 0 Å². The minimum Gasteiger partial charge on any atom is -0.481 e. The SMILES string of the molecule is CC(C(=O)Nc1ccccc1Oc1ccccc1)N1C[C@@H]2CCC[C@@]2(C(=O)O)C1.Cl. The summed E-state index contributed by atoms with van der Waals surface area (Å²) in [5, 5.41) is 12.7. The number of nitrogens with zero attached hydrogens (tertiary/aromatic N) is 1. The summed E-state index contributed by atoms with van der Waals surface area (Å²) in [6, 6.07) is 16.3. The van der Waals surface area contributed by atoms with Crippen molar-refractivity contribution >= 4 is 30.0 Å². The number of para-hydroxylation sites is 3. The zero-order valence-electron chi connectivity index (χ0n) is 16.9. The largest absolute Gasteiger partial charge is 0.481 e. The second-order valence-electron chi connectivity index (χ2n) is 8.06. The Kier molecular flexibility index (Phi) is 6.68. The lowest BCUT2D eigenvalue weighted by Gasteiger charge is -2.26. The molecule has 0 spiro atoms. The van der Waals surface area contributed by atoms with Crippen molar-refractivity contribution in [1.82, 2.24) is 4.90 Å². The number of carbonyl (C=O) groups is 2. The van der Waals surface area contributed by atoms with Crippen molar-refractivity contribution in [2.45, 2.75) is 32.2 Å². The molecule has 2 aromatic carbocycles. The smallest absolute Gasteiger partial charge is 0.311 e. The Balaban J connectivity index is 0.00000256. The molecule has 1 unspecified atom stereocenters. The summed E-state index contributed by atoms with van der Waals surface area (Å²) in [7, 11) is 0. The lowest BCUT2D eigenvalue weighted by atomic mass is 9.81. The van der Waals surface area contributed by atoms with E-state index >= 15 is 0 Å². The summed E-state index contributed by atoms with van der Waals surface area (Å²) in [6.45, 7) is 2.93. The molecule has 2 aliphatic rings. The van der Waals surface area contributed by atoms with Gasteiger partial charge >= 0.3 is 5.97 Å². The van der Waals surface area contributed by atoms with E-state index in [0.29, 0.717) is 36.7 Å². The number of carboxylic acid groups (broad SMARTS) is 1. The molecule has 6 nitrogen and oxygen atoms in total. The fraction of sp³-hybridized carbons (Fsp3) is 0.391. The molecule has 2 aromatic rings. The number of ether oxygens (including phenoxy) is 1. The lowest BCUT2D eigenvalue weighted by molar-refractivity contribution is -0.149. The highest BCUT2D eigenvalue weighted by Crippen LogP contribution is 2.49. The molecule has 4 rings (SSSR count). The molecule has 2 fully saturated rings. The number of benzene rings is 2. The van der Waals surface area contributed by atoms with Crippen molar-refractivity contribution in [2.75, 3.05) is 18.4 Å². The zero-order chi connectivity index (χ0) is 20.4. The predicted molar refractivity (Wildman–Crippen MR) is 117 cm³/mol. The molecular weight excluding hydrogens is 404 g/mol. The van der Waals surface area contributed by atoms with Gasteiger partial charge in [-0.15, -0.1) is 12.4 Å². The molecule has 160 valence electrons. The van der Waals surface area contributed by atoms with Crippen molar-refractivity contribution in [3.05, 3.63) is 54.6 Å². The number of fused-ring (bicyclic) bond motifs is 1. The Morgan fingerprint density at radius 2 is 1.87 bits per heavy atom. The molecule has 1 aliphatic carbocycles. The van der Waals surface area contributed by atoms with Gasteiger partial charge in [0, 0.05) is 13.1 Å². The summed E-state index contributed by atoms with van der Waals surface area (Å²) in [4.78, 5) is 26.9. The highest BCUT2D eigenvalue weighted by Gasteiger charge is 2.55. The molecule has 7 heteroatoms. The van der Waals surface area contributed by atoms with E-state index in [9.17, 15) is 14.7 Å². The number of aliphatic carboxylic acids is 1. The Morgan fingerprint density at radius 3 is 2.57 bits per heavy atom. The molecule has 2 N–H and O–H groups in total. The van der Waals surface area contributed by atoms with Gasteiger partial charge in [0.25, 0.3) is 0 Å². The Bertz CT molecular complexity index is 907. The Hall–Kier alpha value is -2.57. The Morgan fingerprint density at radius 1 is 1.17 bits per heavy atom. The second kappa shape index (κ2) is 9.06. The number of rotatable bonds is 6. The predicted octanol–water partition coefficient (Wildman–Crippen LogP) is 4.41. The molecule has 1 amide bonds. The van der Waals surface area contributed by atoms with Gasteiger partial charge in [0.1, 0.15) is 5.75 Å². The average molecular weight is 431 g/mol. The molecule has 0 bridgehead atoms. The fourth-order valence-corrected chi connectivity index (χ4v) is 4.65. The number of likely N-dealkylation sites (tertiary alicyclic amines) is 1. The van der Waals surface area contributed by atoms with Crippen LogP contribution in [0.15, 0.2) is 54.6 Å². The van der Waals surface area contributed by atoms with Gasteiger partial charge in [0.2, 0.25) is 5.91 Å². The quantitative estimate of drug-likeness (QED) is 0.709. The van der Waals surface area contributed by atoms with Crippen LogP contribution in [0.3, 0.4) is 0 Å². The van der Waals surface area contributed by atoms with E-state index in [0.717, 1.165) is 12.8 Å². The zero-order valence-corrected chi connectivity index (χ0v) is 17.7. The summed E-state index contributed by atoms with van der Waals surface area (Å²) in [5.74, 6) is 0.507. The number of amides is 1. The van der Waals surface area contributed by atoms with Crippen LogP contribution >= 0.6 is 12.4 Å². The lowest BCUT2D eigenvalue weighted by Crippen LogP contribution is -2.43. The number of hydrogen-bond acceptors (Lipinski definition) is 4. The molecule has 1 saturated carbocycles. The van der Waals surface area contributed by atoms with Crippen molar-refractivity contribution in [3.8, 4) is 11.5 Å². The normalized spacial score (nSPS) is 23.8. The monoisotopic (exact) mass is 430 g/mol. The first-order valence-corrected chi connectivity index (χ1v) is 10.1. The summed E-state index contributed by atoms with van der Waals surface area (Å²) < 4.78 is 5.92. The van der Waals surface area contributed by atoms with Crippen LogP contribution in [0.1, 0.15) is 26.2 Å². The molecule has 0 aromatic heterocycles. The maximum atomic E-state index is 12.9. The third-order valence-corrected chi connectivity index (χ3v) is 6.37. The number of halogens is 1. The van der Waals surface area contributed by atoms with Crippen LogP contribution in [0.2, 0.25) is 0 Å². The molecule has 1 saturated heterocycles. The van der Waals surface area contributed by atoms with E-state index in [2.05, 4.69) is 5.32 Å². The first kappa shape index (κ1) is 22.1. The van der Waals surface area contributed by atoms with Crippen molar-refractivity contribution < 1.29 is 19.4 Å². The van der Waals surface area contributed by atoms with Gasteiger partial charge in [-0.2, -0.15) is 0 Å². The van der Waals surface area contributed by atoms with E-state index in [4.69, 9.17) is 4.74 Å². The highest BCUT2D eigenvalue weighted by atomic mass is 35.5. The summed E-state index contributed by atoms with van der Waals surface area (Å²) in [6.07, 6.45) is 2.58. The third-order valence-electron chi connectivity index (χ3n) is 6.37. The van der Waals surface area contributed by atoms with Gasteiger partial charge in [0.15, 0.2) is 5.75 Å². The molecule has 1 aliphatic heterocycles. The van der Waals surface area contributed by atoms with Crippen LogP contribution in [0.5, 0.6) is 11.5 Å². The first-order valence-electron chi connectivity index (χ1n) is 10.1. The molecule has 1 heterocycles. The number of carbonyl (C=O) groups excluding carboxylic acids is 1. The highest BCUT2D eigenvalue weighted by molar-refractivity contribution is 5.96. The molecular formula is C23H27ClN2O4. The van der Waals surface area contributed by atoms with Crippen LogP contribution in [0, 0.1) is 11.3 Å². The van der Waals surface area contributed by atoms with Gasteiger partial charge in [-0.3, -0.25) is 14.5 Å². The standard InChI is InChI=1S/C23H26N2O4.ClH/c1-16(25-14-17-8-7-13-23(17,15-25)22(27)28)21(26)24-19-11-5-6-12-20(19)29-18-9-3-2-4-10-18;/h2-6,9-12,16-17H,7-8,13-15H2,1H3,(H,24,26)(H,27,28);1H/t16?,17-,23+;/m0./s1. The number of hydrogen-bond donors (Lipinski definition) is 2. The number of nitrogens with one attached hydrogen (secondary N) is 1. The molecule has 3 atom stereocenters. The fourth-order valence-electron chi connectivity index (χ4n) is 4.65. The van der Waals surface area contributed by atoms with Gasteiger partial charge in [0.05, 0.1) is 17.1 Å². The maximum absolute atomic E-state index is 12.9. The summed E-state index contributed by atoms with van der Waals surface area (Å²) in [5.41, 5.74) is -0.0939. The van der Waals surface area contributed by atoms with Crippen LogP contribution in [-0.4, -0.2) is 41.0 Å². The van der Waals surface area contributed by atoms with E-state index in [-0.39, 0.29) is 24.2 Å². The van der Waals surface area contributed by atoms with Crippen LogP contribution < -0.4 is 10.1 Å². The van der Waals surface area contributed by atoms with Crippen LogP contribution in [0.4, 0.5) is 5.69 Å². The third kappa shape index (κ3) is 4.16. The number of carboxylic acids is 1. The van der Waals surface area contributed by atoms with Crippen molar-refractivity contribution in [1.29, 1.82) is 0 Å².